The highest BCUT2D eigenvalue weighted by Gasteiger charge is 2.23. The quantitative estimate of drug-likeness (QED) is 0.789. The Labute approximate surface area is 151 Å². The Balaban J connectivity index is 1.51. The zero-order valence-corrected chi connectivity index (χ0v) is 15.3. The van der Waals surface area contributed by atoms with Gasteiger partial charge in [-0.25, -0.2) is 4.79 Å². The maximum atomic E-state index is 12.3. The second-order valence-corrected chi connectivity index (χ2v) is 7.09. The number of hydrogen-bond donors (Lipinski definition) is 0. The molecule has 1 aliphatic heterocycles. The Morgan fingerprint density at radius 3 is 2.52 bits per heavy atom. The predicted molar refractivity (Wildman–Crippen MR) is 99.3 cm³/mol. The van der Waals surface area contributed by atoms with Gasteiger partial charge in [-0.3, -0.25) is 4.79 Å². The number of anilines is 1. The molecule has 1 aliphatic rings. The third-order valence-corrected chi connectivity index (χ3v) is 5.45. The van der Waals surface area contributed by atoms with E-state index in [1.807, 2.05) is 5.38 Å². The molecule has 25 heavy (non-hydrogen) atoms. The Hall–Kier alpha value is -2.34. The molecular weight excluding hydrogens is 336 g/mol. The molecule has 0 unspecified atom stereocenters. The number of nitrogens with zero attached hydrogens (tertiary/aromatic N) is 2. The predicted octanol–water partition coefficient (Wildman–Crippen LogP) is 2.87. The number of rotatable bonds is 4. The molecule has 0 saturated carbocycles. The Morgan fingerprint density at radius 2 is 1.84 bits per heavy atom. The molecular formula is C19H22N2O3S. The number of piperazine rings is 1. The smallest absolute Gasteiger partial charge is 0.348 e. The Kier molecular flexibility index (Phi) is 5.38. The number of carbonyl (C=O) groups excluding carboxylic acids is 2. The normalized spacial score (nSPS) is 14.5. The second kappa shape index (κ2) is 7.70. The van der Waals surface area contributed by atoms with Gasteiger partial charge in [0, 0.05) is 31.9 Å². The molecule has 132 valence electrons. The van der Waals surface area contributed by atoms with Crippen molar-refractivity contribution >= 4 is 28.9 Å². The lowest BCUT2D eigenvalue weighted by Crippen LogP contribution is -2.50. The molecule has 2 heterocycles. The molecule has 1 fully saturated rings. The largest absolute Gasteiger partial charge is 0.451 e. The average molecular weight is 358 g/mol. The SMILES string of the molecule is Cc1cccc(N2CCN(C(=O)COC(=O)c3cccs3)CC2)c1C. The van der Waals surface area contributed by atoms with Gasteiger partial charge in [0.25, 0.3) is 5.91 Å². The van der Waals surface area contributed by atoms with Gasteiger partial charge in [0.1, 0.15) is 4.88 Å². The third kappa shape index (κ3) is 4.02. The number of benzene rings is 1. The fourth-order valence-electron chi connectivity index (χ4n) is 2.96. The van der Waals surface area contributed by atoms with Crippen LogP contribution in [0.25, 0.3) is 0 Å². The lowest BCUT2D eigenvalue weighted by molar-refractivity contribution is -0.134. The first-order valence-corrected chi connectivity index (χ1v) is 9.24. The number of thiophene rings is 1. The van der Waals surface area contributed by atoms with Gasteiger partial charge in [0.05, 0.1) is 0 Å². The summed E-state index contributed by atoms with van der Waals surface area (Å²) in [6.45, 7) is 6.91. The second-order valence-electron chi connectivity index (χ2n) is 6.14. The summed E-state index contributed by atoms with van der Waals surface area (Å²) in [5.74, 6) is -0.567. The van der Waals surface area contributed by atoms with Gasteiger partial charge < -0.3 is 14.5 Å². The van der Waals surface area contributed by atoms with Crippen molar-refractivity contribution in [3.8, 4) is 0 Å². The highest BCUT2D eigenvalue weighted by Crippen LogP contribution is 2.23. The van der Waals surface area contributed by atoms with Crippen LogP contribution < -0.4 is 4.90 Å². The minimum Gasteiger partial charge on any atom is -0.451 e. The minimum absolute atomic E-state index is 0.134. The molecule has 0 spiro atoms. The summed E-state index contributed by atoms with van der Waals surface area (Å²) < 4.78 is 5.11. The first kappa shape index (κ1) is 17.5. The topological polar surface area (TPSA) is 49.9 Å². The van der Waals surface area contributed by atoms with Crippen LogP contribution in [0.1, 0.15) is 20.8 Å². The lowest BCUT2D eigenvalue weighted by Gasteiger charge is -2.37. The van der Waals surface area contributed by atoms with Gasteiger partial charge in [-0.2, -0.15) is 0 Å². The molecule has 1 amide bonds. The number of carbonyl (C=O) groups is 2. The zero-order valence-electron chi connectivity index (χ0n) is 14.5. The molecule has 1 saturated heterocycles. The summed E-state index contributed by atoms with van der Waals surface area (Å²) in [5.41, 5.74) is 3.79. The van der Waals surface area contributed by atoms with E-state index in [2.05, 4.69) is 36.9 Å². The average Bonchev–Trinajstić information content (AvgIpc) is 3.17. The van der Waals surface area contributed by atoms with E-state index in [1.54, 1.807) is 17.0 Å². The third-order valence-electron chi connectivity index (χ3n) is 4.60. The van der Waals surface area contributed by atoms with E-state index in [1.165, 1.54) is 28.2 Å². The van der Waals surface area contributed by atoms with Gasteiger partial charge in [-0.05, 0) is 42.5 Å². The van der Waals surface area contributed by atoms with Crippen molar-refractivity contribution in [3.63, 3.8) is 0 Å². The van der Waals surface area contributed by atoms with Crippen molar-refractivity contribution in [3.05, 3.63) is 51.7 Å². The van der Waals surface area contributed by atoms with Crippen molar-refractivity contribution in [2.24, 2.45) is 0 Å². The van der Waals surface area contributed by atoms with Crippen molar-refractivity contribution < 1.29 is 14.3 Å². The number of amides is 1. The first-order chi connectivity index (χ1) is 12.1. The van der Waals surface area contributed by atoms with E-state index in [-0.39, 0.29) is 12.5 Å². The summed E-state index contributed by atoms with van der Waals surface area (Å²) >= 11 is 1.31. The van der Waals surface area contributed by atoms with Crippen LogP contribution in [0, 0.1) is 13.8 Å². The molecule has 0 atom stereocenters. The number of ether oxygens (including phenoxy) is 1. The zero-order chi connectivity index (χ0) is 17.8. The van der Waals surface area contributed by atoms with E-state index in [0.717, 1.165) is 13.1 Å². The molecule has 1 aromatic carbocycles. The maximum absolute atomic E-state index is 12.3. The summed E-state index contributed by atoms with van der Waals surface area (Å²) in [4.78, 5) is 28.7. The Morgan fingerprint density at radius 1 is 1.08 bits per heavy atom. The molecule has 0 aliphatic carbocycles. The van der Waals surface area contributed by atoms with Crippen LogP contribution in [0.4, 0.5) is 5.69 Å². The highest BCUT2D eigenvalue weighted by atomic mass is 32.1. The molecule has 3 rings (SSSR count). The summed E-state index contributed by atoms with van der Waals surface area (Å²) in [5, 5.41) is 1.81. The highest BCUT2D eigenvalue weighted by molar-refractivity contribution is 7.11. The minimum atomic E-state index is -0.433. The molecule has 1 aromatic heterocycles. The van der Waals surface area contributed by atoms with Crippen molar-refractivity contribution in [2.45, 2.75) is 13.8 Å². The molecule has 6 heteroatoms. The number of hydrogen-bond acceptors (Lipinski definition) is 5. The molecule has 2 aromatic rings. The van der Waals surface area contributed by atoms with E-state index in [9.17, 15) is 9.59 Å². The number of esters is 1. The van der Waals surface area contributed by atoms with E-state index in [0.29, 0.717) is 18.0 Å². The van der Waals surface area contributed by atoms with Crippen LogP contribution in [-0.2, 0) is 9.53 Å². The van der Waals surface area contributed by atoms with Gasteiger partial charge in [0.2, 0.25) is 0 Å². The monoisotopic (exact) mass is 358 g/mol. The Bertz CT molecular complexity index is 750. The fraction of sp³-hybridized carbons (Fsp3) is 0.368. The molecule has 0 radical (unpaired) electrons. The van der Waals surface area contributed by atoms with Crippen molar-refractivity contribution in [1.29, 1.82) is 0 Å². The van der Waals surface area contributed by atoms with Crippen LogP contribution in [0.3, 0.4) is 0 Å². The summed E-state index contributed by atoms with van der Waals surface area (Å²) in [6, 6.07) is 9.79. The van der Waals surface area contributed by atoms with Crippen LogP contribution in [0.5, 0.6) is 0 Å². The molecule has 0 bridgehead atoms. The van der Waals surface area contributed by atoms with Crippen LogP contribution in [-0.4, -0.2) is 49.6 Å². The summed E-state index contributed by atoms with van der Waals surface area (Å²) in [6.07, 6.45) is 0. The van der Waals surface area contributed by atoms with Crippen LogP contribution >= 0.6 is 11.3 Å². The van der Waals surface area contributed by atoms with Gasteiger partial charge in [-0.1, -0.05) is 18.2 Å². The fourth-order valence-corrected chi connectivity index (χ4v) is 3.58. The molecule has 5 nitrogen and oxygen atoms in total. The number of aryl methyl sites for hydroxylation is 1. The maximum Gasteiger partial charge on any atom is 0.348 e. The van der Waals surface area contributed by atoms with E-state index in [4.69, 9.17) is 4.74 Å². The standard InChI is InChI=1S/C19H22N2O3S/c1-14-5-3-6-16(15(14)2)20-8-10-21(11-9-20)18(22)13-24-19(23)17-7-4-12-25-17/h3-7,12H,8-11,13H2,1-2H3. The van der Waals surface area contributed by atoms with Crippen molar-refractivity contribution in [1.82, 2.24) is 4.90 Å². The van der Waals surface area contributed by atoms with Crippen molar-refractivity contribution in [2.75, 3.05) is 37.7 Å². The van der Waals surface area contributed by atoms with E-state index >= 15 is 0 Å². The van der Waals surface area contributed by atoms with Gasteiger partial charge in [-0.15, -0.1) is 11.3 Å². The molecule has 0 N–H and O–H groups in total. The van der Waals surface area contributed by atoms with Crippen LogP contribution in [0.15, 0.2) is 35.7 Å². The lowest BCUT2D eigenvalue weighted by atomic mass is 10.1. The van der Waals surface area contributed by atoms with Crippen LogP contribution in [0.2, 0.25) is 0 Å². The summed E-state index contributed by atoms with van der Waals surface area (Å²) in [7, 11) is 0. The first-order valence-electron chi connectivity index (χ1n) is 8.36. The van der Waals surface area contributed by atoms with Gasteiger partial charge in [0.15, 0.2) is 6.61 Å². The van der Waals surface area contributed by atoms with Gasteiger partial charge >= 0.3 is 5.97 Å². The van der Waals surface area contributed by atoms with E-state index < -0.39 is 5.97 Å².